The first kappa shape index (κ1) is 34.0. The maximum Gasteiger partial charge on any atom is 0.430 e. The molecule has 2 aliphatic rings. The summed E-state index contributed by atoms with van der Waals surface area (Å²) in [7, 11) is 0. The molecule has 47 heavy (non-hydrogen) atoms. The average Bonchev–Trinajstić information content (AvgIpc) is 3.54. The number of hydrogen-bond acceptors (Lipinski definition) is 5. The lowest BCUT2D eigenvalue weighted by molar-refractivity contribution is -0.376. The van der Waals surface area contributed by atoms with E-state index in [-0.39, 0.29) is 29.0 Å². The fraction of sp³-hybridized carbons (Fsp3) is 0.382. The van der Waals surface area contributed by atoms with Crippen LogP contribution in [0.2, 0.25) is 0 Å². The number of ketones is 1. The minimum absolute atomic E-state index is 0.000269. The number of benzene rings is 3. The first-order chi connectivity index (χ1) is 21.9. The van der Waals surface area contributed by atoms with E-state index in [1.165, 1.54) is 23.8 Å². The van der Waals surface area contributed by atoms with Crippen molar-refractivity contribution in [3.05, 3.63) is 93.5 Å². The molecule has 0 spiro atoms. The number of rotatable bonds is 9. The van der Waals surface area contributed by atoms with E-state index < -0.39 is 53.3 Å². The van der Waals surface area contributed by atoms with Crippen molar-refractivity contribution in [2.75, 3.05) is 6.54 Å². The van der Waals surface area contributed by atoms with Gasteiger partial charge in [0.1, 0.15) is 17.0 Å². The smallest absolute Gasteiger partial charge is 0.430 e. The highest BCUT2D eigenvalue weighted by Gasteiger charge is 2.71. The summed E-state index contributed by atoms with van der Waals surface area (Å²) in [5.41, 5.74) is -4.29. The SMILES string of the molecule is CCCc1cc(C(O)(C(F)(F)F)C(F)(F)F)ccc1Oc1ccc(C(=O)CN2C(=O)NC(C)(c3ccc4c(c3)CCC4)C2=O)c(C)c1. The summed E-state index contributed by atoms with van der Waals surface area (Å²) in [4.78, 5) is 40.5. The lowest BCUT2D eigenvalue weighted by atomic mass is 9.89. The number of amides is 3. The fourth-order valence-electron chi connectivity index (χ4n) is 6.14. The lowest BCUT2D eigenvalue weighted by Crippen LogP contribution is -2.53. The molecule has 1 heterocycles. The molecule has 1 unspecified atom stereocenters. The van der Waals surface area contributed by atoms with E-state index >= 15 is 0 Å². The molecule has 1 aliphatic carbocycles. The van der Waals surface area contributed by atoms with Gasteiger partial charge >= 0.3 is 18.4 Å². The number of imide groups is 1. The van der Waals surface area contributed by atoms with Crippen LogP contribution in [0.25, 0.3) is 0 Å². The molecular weight excluding hydrogens is 630 g/mol. The Hall–Kier alpha value is -4.39. The van der Waals surface area contributed by atoms with Crippen LogP contribution in [0.5, 0.6) is 11.5 Å². The molecule has 2 N–H and O–H groups in total. The van der Waals surface area contributed by atoms with E-state index in [2.05, 4.69) is 5.32 Å². The van der Waals surface area contributed by atoms with Crippen LogP contribution in [-0.2, 0) is 35.2 Å². The van der Waals surface area contributed by atoms with Gasteiger partial charge in [-0.1, -0.05) is 37.6 Å². The minimum Gasteiger partial charge on any atom is -0.457 e. The fourth-order valence-corrected chi connectivity index (χ4v) is 6.14. The molecule has 1 fully saturated rings. The van der Waals surface area contributed by atoms with E-state index in [9.17, 15) is 45.8 Å². The molecule has 0 bridgehead atoms. The van der Waals surface area contributed by atoms with Crippen molar-refractivity contribution in [1.29, 1.82) is 0 Å². The molecular formula is C34H32F6N2O5. The van der Waals surface area contributed by atoms with Gasteiger partial charge in [0.05, 0.1) is 6.54 Å². The van der Waals surface area contributed by atoms with Crippen LogP contribution in [0, 0.1) is 6.92 Å². The van der Waals surface area contributed by atoms with Crippen molar-refractivity contribution < 1.29 is 50.6 Å². The van der Waals surface area contributed by atoms with Crippen LogP contribution in [0.1, 0.15) is 70.4 Å². The molecule has 0 saturated carbocycles. The summed E-state index contributed by atoms with van der Waals surface area (Å²) >= 11 is 0. The Balaban J connectivity index is 1.34. The standard InChI is InChI=1S/C34H32F6N2O5/c1-4-6-22-17-24(32(46,33(35,36)37)34(38,39)40)11-14-28(22)47-25-12-13-26(19(2)15-25)27(43)18-42-29(44)31(3,41-30(42)45)23-10-9-20-7-5-8-21(20)16-23/h9-17,46H,4-8,18H2,1-3H3,(H,41,45). The number of nitrogens with one attached hydrogen (secondary N) is 1. The number of aryl methyl sites for hydroxylation is 4. The number of aliphatic hydroxyl groups is 1. The Labute approximate surface area is 266 Å². The van der Waals surface area contributed by atoms with Gasteiger partial charge < -0.3 is 15.2 Å². The van der Waals surface area contributed by atoms with Crippen LogP contribution in [-0.4, -0.2) is 46.6 Å². The lowest BCUT2D eigenvalue weighted by Gasteiger charge is -2.33. The zero-order chi connectivity index (χ0) is 34.5. The second-order valence-electron chi connectivity index (χ2n) is 12.1. The van der Waals surface area contributed by atoms with Gasteiger partial charge in [-0.3, -0.25) is 14.5 Å². The Kier molecular flexibility index (Phi) is 8.67. The summed E-state index contributed by atoms with van der Waals surface area (Å²) in [5, 5.41) is 12.5. The highest BCUT2D eigenvalue weighted by molar-refractivity contribution is 6.11. The Morgan fingerprint density at radius 3 is 2.28 bits per heavy atom. The number of urea groups is 1. The van der Waals surface area contributed by atoms with E-state index in [0.29, 0.717) is 29.7 Å². The molecule has 7 nitrogen and oxygen atoms in total. The molecule has 5 rings (SSSR count). The molecule has 3 aromatic rings. The summed E-state index contributed by atoms with van der Waals surface area (Å²) in [6, 6.07) is 11.2. The number of fused-ring (bicyclic) bond motifs is 1. The molecule has 250 valence electrons. The highest BCUT2D eigenvalue weighted by Crippen LogP contribution is 2.50. The zero-order valence-electron chi connectivity index (χ0n) is 25.7. The second kappa shape index (κ2) is 12.0. The van der Waals surface area contributed by atoms with Crippen molar-refractivity contribution in [1.82, 2.24) is 10.2 Å². The summed E-state index contributed by atoms with van der Waals surface area (Å²) < 4.78 is 86.5. The first-order valence-corrected chi connectivity index (χ1v) is 15.0. The van der Waals surface area contributed by atoms with Crippen molar-refractivity contribution in [2.24, 2.45) is 0 Å². The van der Waals surface area contributed by atoms with Crippen LogP contribution >= 0.6 is 0 Å². The molecule has 0 aromatic heterocycles. The van der Waals surface area contributed by atoms with Crippen molar-refractivity contribution in [3.63, 3.8) is 0 Å². The van der Waals surface area contributed by atoms with E-state index in [1.807, 2.05) is 18.2 Å². The van der Waals surface area contributed by atoms with Gasteiger partial charge in [0, 0.05) is 11.1 Å². The zero-order valence-corrected chi connectivity index (χ0v) is 25.7. The number of carbonyl (C=O) groups is 3. The monoisotopic (exact) mass is 662 g/mol. The van der Waals surface area contributed by atoms with Gasteiger partial charge in [0.25, 0.3) is 11.5 Å². The number of nitrogens with zero attached hydrogens (tertiary/aromatic N) is 1. The third kappa shape index (κ3) is 5.97. The maximum absolute atomic E-state index is 13.5. The van der Waals surface area contributed by atoms with Gasteiger partial charge in [-0.2, -0.15) is 26.3 Å². The summed E-state index contributed by atoms with van der Waals surface area (Å²) in [6.45, 7) is 4.30. The van der Waals surface area contributed by atoms with E-state index in [0.717, 1.165) is 35.8 Å². The number of carbonyl (C=O) groups excluding carboxylic acids is 3. The Morgan fingerprint density at radius 2 is 1.64 bits per heavy atom. The van der Waals surface area contributed by atoms with Gasteiger partial charge in [-0.15, -0.1) is 0 Å². The van der Waals surface area contributed by atoms with Crippen LogP contribution in [0.3, 0.4) is 0 Å². The molecule has 1 saturated heterocycles. The molecule has 3 amide bonds. The number of halogens is 6. The third-order valence-corrected chi connectivity index (χ3v) is 8.80. The summed E-state index contributed by atoms with van der Waals surface area (Å²) in [5.74, 6) is -1.01. The van der Waals surface area contributed by atoms with Gasteiger partial charge in [-0.25, -0.2) is 4.79 Å². The normalized spacial score (nSPS) is 18.4. The predicted octanol–water partition coefficient (Wildman–Crippen LogP) is 7.19. The number of hydrogen-bond donors (Lipinski definition) is 2. The number of Topliss-reactive ketones (excluding diaryl/α,β-unsaturated/α-hetero) is 1. The van der Waals surface area contributed by atoms with Gasteiger partial charge in [0.2, 0.25) is 0 Å². The second-order valence-corrected chi connectivity index (χ2v) is 12.1. The molecule has 1 atom stereocenters. The van der Waals surface area contributed by atoms with Gasteiger partial charge in [0.15, 0.2) is 5.78 Å². The Bertz CT molecular complexity index is 1740. The van der Waals surface area contributed by atoms with E-state index in [4.69, 9.17) is 4.74 Å². The average molecular weight is 663 g/mol. The number of ether oxygens (including phenoxy) is 1. The molecule has 1 aliphatic heterocycles. The van der Waals surface area contributed by atoms with Crippen molar-refractivity contribution in [2.45, 2.75) is 76.4 Å². The van der Waals surface area contributed by atoms with Crippen LogP contribution in [0.15, 0.2) is 54.6 Å². The first-order valence-electron chi connectivity index (χ1n) is 15.0. The third-order valence-electron chi connectivity index (χ3n) is 8.80. The molecule has 3 aromatic carbocycles. The van der Waals surface area contributed by atoms with Crippen molar-refractivity contribution in [3.8, 4) is 11.5 Å². The Morgan fingerprint density at radius 1 is 0.957 bits per heavy atom. The van der Waals surface area contributed by atoms with Crippen LogP contribution in [0.4, 0.5) is 31.1 Å². The van der Waals surface area contributed by atoms with Crippen LogP contribution < -0.4 is 10.1 Å². The number of alkyl halides is 6. The summed E-state index contributed by atoms with van der Waals surface area (Å²) in [6.07, 6.45) is -8.82. The van der Waals surface area contributed by atoms with Gasteiger partial charge in [-0.05, 0) is 97.7 Å². The highest BCUT2D eigenvalue weighted by atomic mass is 19.4. The molecule has 0 radical (unpaired) electrons. The minimum atomic E-state index is -6.03. The topological polar surface area (TPSA) is 95.9 Å². The largest absolute Gasteiger partial charge is 0.457 e. The molecule has 13 heteroatoms. The predicted molar refractivity (Wildman–Crippen MR) is 158 cm³/mol. The maximum atomic E-state index is 13.5. The van der Waals surface area contributed by atoms with E-state index in [1.54, 1.807) is 20.8 Å². The van der Waals surface area contributed by atoms with Crippen molar-refractivity contribution >= 4 is 17.7 Å². The quantitative estimate of drug-likeness (QED) is 0.144.